The summed E-state index contributed by atoms with van der Waals surface area (Å²) in [7, 11) is 0. The number of hydrogen-bond donors (Lipinski definition) is 1. The summed E-state index contributed by atoms with van der Waals surface area (Å²) in [6.45, 7) is 4.14. The van der Waals surface area contributed by atoms with Crippen LogP contribution in [0.5, 0.6) is 0 Å². The molecule has 0 bridgehead atoms. The summed E-state index contributed by atoms with van der Waals surface area (Å²) < 4.78 is 2.23. The average Bonchev–Trinajstić information content (AvgIpc) is 3.29. The molecule has 1 N–H and O–H groups in total. The lowest BCUT2D eigenvalue weighted by atomic mass is 10.1. The summed E-state index contributed by atoms with van der Waals surface area (Å²) in [6, 6.07) is 22.0. The number of aromatic nitrogens is 1. The number of rotatable bonds is 3. The van der Waals surface area contributed by atoms with Crippen molar-refractivity contribution in [3.63, 3.8) is 0 Å². The number of benzene rings is 3. The lowest BCUT2D eigenvalue weighted by Crippen LogP contribution is -2.19. The first-order chi connectivity index (χ1) is 15.9. The van der Waals surface area contributed by atoms with E-state index in [1.54, 1.807) is 18.2 Å². The molecule has 5 rings (SSSR count). The fraction of sp³-hybridized carbons (Fsp3) is 0.0769. The summed E-state index contributed by atoms with van der Waals surface area (Å²) in [6.07, 6.45) is 1.91. The lowest BCUT2D eigenvalue weighted by molar-refractivity contribution is -0.115. The maximum absolute atomic E-state index is 12.6. The smallest absolute Gasteiger partial charge is 0.264 e. The molecule has 4 aromatic rings. The minimum absolute atomic E-state index is 0.188. The van der Waals surface area contributed by atoms with Crippen LogP contribution in [0.2, 0.25) is 10.0 Å². The monoisotopic (exact) mass is 491 g/mol. The van der Waals surface area contributed by atoms with Crippen LogP contribution in [0.25, 0.3) is 22.5 Å². The van der Waals surface area contributed by atoms with Crippen molar-refractivity contribution < 1.29 is 4.79 Å². The molecule has 0 atom stereocenters. The van der Waals surface area contributed by atoms with E-state index in [2.05, 4.69) is 71.2 Å². The van der Waals surface area contributed by atoms with Crippen LogP contribution in [-0.4, -0.2) is 15.6 Å². The topological polar surface area (TPSA) is 46.4 Å². The standard InChI is InChI=1S/C26H19Cl2N3OS/c1-15-13-18(16(2)31(15)22-12-5-8-17-7-3-4-9-19(17)22)14-23-25(32)30-26(33-23)29-21-11-6-10-20(27)24(21)28/h3-14H,1-2H3,(H,29,30,32)/b23-14-. The molecule has 1 aliphatic rings. The van der Waals surface area contributed by atoms with E-state index in [-0.39, 0.29) is 5.91 Å². The third-order valence-corrected chi connectivity index (χ3v) is 7.29. The third-order valence-electron chi connectivity index (χ3n) is 5.57. The number of aryl methyl sites for hydroxylation is 1. The van der Waals surface area contributed by atoms with Crippen LogP contribution < -0.4 is 5.32 Å². The van der Waals surface area contributed by atoms with Crippen molar-refractivity contribution >= 4 is 68.6 Å². The van der Waals surface area contributed by atoms with Gasteiger partial charge in [-0.05, 0) is 66.9 Å². The average molecular weight is 492 g/mol. The lowest BCUT2D eigenvalue weighted by Gasteiger charge is -2.13. The Hall–Kier alpha value is -2.99. The van der Waals surface area contributed by atoms with E-state index in [0.29, 0.717) is 25.8 Å². The minimum atomic E-state index is -0.188. The molecule has 4 nitrogen and oxygen atoms in total. The number of amides is 1. The molecule has 0 radical (unpaired) electrons. The number of amidine groups is 1. The van der Waals surface area contributed by atoms with Crippen LogP contribution in [0.3, 0.4) is 0 Å². The molecule has 7 heteroatoms. The van der Waals surface area contributed by atoms with Gasteiger partial charge in [0.2, 0.25) is 0 Å². The van der Waals surface area contributed by atoms with Gasteiger partial charge in [-0.25, -0.2) is 4.99 Å². The van der Waals surface area contributed by atoms with Gasteiger partial charge in [-0.15, -0.1) is 0 Å². The minimum Gasteiger partial charge on any atom is -0.317 e. The molecule has 1 fully saturated rings. The van der Waals surface area contributed by atoms with Gasteiger partial charge in [0.25, 0.3) is 5.91 Å². The first kappa shape index (κ1) is 21.8. The van der Waals surface area contributed by atoms with Gasteiger partial charge in [-0.2, -0.15) is 0 Å². The van der Waals surface area contributed by atoms with Crippen molar-refractivity contribution in [3.05, 3.63) is 98.6 Å². The van der Waals surface area contributed by atoms with Crippen LogP contribution in [0.4, 0.5) is 5.69 Å². The van der Waals surface area contributed by atoms with Gasteiger partial charge >= 0.3 is 0 Å². The zero-order chi connectivity index (χ0) is 23.1. The fourth-order valence-corrected chi connectivity index (χ4v) is 5.18. The van der Waals surface area contributed by atoms with E-state index in [0.717, 1.165) is 22.6 Å². The van der Waals surface area contributed by atoms with Crippen molar-refractivity contribution in [1.29, 1.82) is 0 Å². The Morgan fingerprint density at radius 3 is 2.61 bits per heavy atom. The molecular formula is C26H19Cl2N3OS. The molecule has 0 unspecified atom stereocenters. The molecule has 1 saturated heterocycles. The summed E-state index contributed by atoms with van der Waals surface area (Å²) in [5, 5.41) is 6.43. The number of nitrogens with zero attached hydrogens (tertiary/aromatic N) is 2. The van der Waals surface area contributed by atoms with Gasteiger partial charge < -0.3 is 9.88 Å². The summed E-state index contributed by atoms with van der Waals surface area (Å²) >= 11 is 13.6. The molecular weight excluding hydrogens is 473 g/mol. The molecule has 1 aromatic heterocycles. The van der Waals surface area contributed by atoms with Crippen molar-refractivity contribution in [2.75, 3.05) is 0 Å². The fourth-order valence-electron chi connectivity index (χ4n) is 4.02. The van der Waals surface area contributed by atoms with E-state index < -0.39 is 0 Å². The molecule has 1 amide bonds. The number of nitrogens with one attached hydrogen (secondary N) is 1. The second-order valence-electron chi connectivity index (χ2n) is 7.71. The maximum atomic E-state index is 12.6. The Kier molecular flexibility index (Phi) is 5.79. The maximum Gasteiger partial charge on any atom is 0.264 e. The van der Waals surface area contributed by atoms with Crippen LogP contribution >= 0.6 is 35.0 Å². The number of hydrogen-bond acceptors (Lipinski definition) is 3. The number of halogens is 2. The number of carbonyl (C=O) groups excluding carboxylic acids is 1. The van der Waals surface area contributed by atoms with Gasteiger partial charge in [-0.1, -0.05) is 65.7 Å². The number of aliphatic imine (C=N–C) groups is 1. The van der Waals surface area contributed by atoms with Crippen LogP contribution in [0.1, 0.15) is 17.0 Å². The van der Waals surface area contributed by atoms with Crippen LogP contribution in [-0.2, 0) is 4.79 Å². The summed E-state index contributed by atoms with van der Waals surface area (Å²) in [5.74, 6) is -0.188. The quantitative estimate of drug-likeness (QED) is 0.302. The van der Waals surface area contributed by atoms with Gasteiger partial charge in [-0.3, -0.25) is 4.79 Å². The number of fused-ring (bicyclic) bond motifs is 1. The Balaban J connectivity index is 1.51. The van der Waals surface area contributed by atoms with Crippen LogP contribution in [0, 0.1) is 13.8 Å². The Morgan fingerprint density at radius 2 is 1.76 bits per heavy atom. The molecule has 3 aromatic carbocycles. The summed E-state index contributed by atoms with van der Waals surface area (Å²) in [4.78, 5) is 17.7. The van der Waals surface area contributed by atoms with Crippen molar-refractivity contribution in [3.8, 4) is 5.69 Å². The molecule has 164 valence electrons. The van der Waals surface area contributed by atoms with Gasteiger partial charge in [0.05, 0.1) is 26.3 Å². The normalized spacial score (nSPS) is 16.2. The van der Waals surface area contributed by atoms with Crippen molar-refractivity contribution in [2.45, 2.75) is 13.8 Å². The zero-order valence-electron chi connectivity index (χ0n) is 17.9. The molecule has 33 heavy (non-hydrogen) atoms. The second-order valence-corrected chi connectivity index (χ2v) is 9.53. The summed E-state index contributed by atoms with van der Waals surface area (Å²) in [5.41, 5.74) is 4.78. The second kappa shape index (κ2) is 8.75. The van der Waals surface area contributed by atoms with Gasteiger partial charge in [0.1, 0.15) is 0 Å². The van der Waals surface area contributed by atoms with Crippen molar-refractivity contribution in [2.24, 2.45) is 4.99 Å². The van der Waals surface area contributed by atoms with Gasteiger partial charge in [0, 0.05) is 16.8 Å². The molecule has 2 heterocycles. The first-order valence-corrected chi connectivity index (χ1v) is 11.9. The van der Waals surface area contributed by atoms with E-state index >= 15 is 0 Å². The molecule has 0 aliphatic carbocycles. The van der Waals surface area contributed by atoms with E-state index in [1.165, 1.54) is 22.5 Å². The van der Waals surface area contributed by atoms with E-state index in [4.69, 9.17) is 23.2 Å². The SMILES string of the molecule is Cc1cc(/C=C2\SC(=Nc3cccc(Cl)c3Cl)NC2=O)c(C)n1-c1cccc2ccccc12. The highest BCUT2D eigenvalue weighted by Gasteiger charge is 2.25. The Bertz CT molecular complexity index is 1480. The van der Waals surface area contributed by atoms with E-state index in [1.807, 2.05) is 12.1 Å². The molecule has 0 saturated carbocycles. The third kappa shape index (κ3) is 4.08. The van der Waals surface area contributed by atoms with Crippen molar-refractivity contribution in [1.82, 2.24) is 9.88 Å². The van der Waals surface area contributed by atoms with Crippen LogP contribution in [0.15, 0.2) is 76.6 Å². The molecule has 1 aliphatic heterocycles. The Morgan fingerprint density at radius 1 is 1.00 bits per heavy atom. The highest BCUT2D eigenvalue weighted by Crippen LogP contribution is 2.35. The van der Waals surface area contributed by atoms with E-state index in [9.17, 15) is 4.79 Å². The highest BCUT2D eigenvalue weighted by molar-refractivity contribution is 8.18. The zero-order valence-corrected chi connectivity index (χ0v) is 20.2. The molecule has 0 spiro atoms. The highest BCUT2D eigenvalue weighted by atomic mass is 35.5. The predicted molar refractivity (Wildman–Crippen MR) is 140 cm³/mol. The predicted octanol–water partition coefficient (Wildman–Crippen LogP) is 7.45. The number of carbonyl (C=O) groups is 1. The number of thioether (sulfide) groups is 1. The first-order valence-electron chi connectivity index (χ1n) is 10.3. The van der Waals surface area contributed by atoms with Gasteiger partial charge in [0.15, 0.2) is 5.17 Å². The largest absolute Gasteiger partial charge is 0.317 e. The Labute approximate surface area is 205 Å².